The molecule has 1 heterocycles. The van der Waals surface area contributed by atoms with E-state index in [0.717, 1.165) is 6.54 Å². The monoisotopic (exact) mass is 220 g/mol. The van der Waals surface area contributed by atoms with Crippen molar-refractivity contribution in [1.29, 1.82) is 0 Å². The average molecular weight is 220 g/mol. The van der Waals surface area contributed by atoms with E-state index >= 15 is 0 Å². The maximum atomic E-state index is 4.51. The molecule has 2 nitrogen and oxygen atoms in total. The van der Waals surface area contributed by atoms with Crippen LogP contribution in [0.5, 0.6) is 0 Å². The molecule has 1 aromatic rings. The lowest BCUT2D eigenvalue weighted by atomic mass is 10.0. The molecule has 1 unspecified atom stereocenters. The van der Waals surface area contributed by atoms with Crippen LogP contribution < -0.4 is 5.32 Å². The molecule has 16 heavy (non-hydrogen) atoms. The molecule has 0 saturated carbocycles. The molecule has 0 radical (unpaired) electrons. The quantitative estimate of drug-likeness (QED) is 0.710. The molecule has 2 heteroatoms. The van der Waals surface area contributed by atoms with Crippen molar-refractivity contribution in [3.8, 4) is 0 Å². The highest BCUT2D eigenvalue weighted by Crippen LogP contribution is 2.20. The standard InChI is InChI=1S/C14H24N2/c1-4-6-7-10-13(15-5-2)14-12(3)9-8-11-16-14/h8-9,11,13,15H,4-7,10H2,1-3H3. The molecular formula is C14H24N2. The smallest absolute Gasteiger partial charge is 0.0602 e. The fourth-order valence-electron chi connectivity index (χ4n) is 2.04. The van der Waals surface area contributed by atoms with Gasteiger partial charge in [0.05, 0.1) is 5.69 Å². The van der Waals surface area contributed by atoms with E-state index in [-0.39, 0.29) is 0 Å². The van der Waals surface area contributed by atoms with E-state index in [9.17, 15) is 0 Å². The van der Waals surface area contributed by atoms with Crippen molar-refractivity contribution >= 4 is 0 Å². The summed E-state index contributed by atoms with van der Waals surface area (Å²) in [6.45, 7) is 7.55. The van der Waals surface area contributed by atoms with E-state index in [2.05, 4.69) is 37.1 Å². The Hall–Kier alpha value is -0.890. The summed E-state index contributed by atoms with van der Waals surface area (Å²) in [6, 6.07) is 4.58. The predicted octanol–water partition coefficient (Wildman–Crippen LogP) is 3.62. The first-order valence-corrected chi connectivity index (χ1v) is 6.44. The second-order valence-corrected chi connectivity index (χ2v) is 4.31. The Balaban J connectivity index is 2.65. The summed E-state index contributed by atoms with van der Waals surface area (Å²) in [6.07, 6.45) is 6.96. The molecular weight excluding hydrogens is 196 g/mol. The van der Waals surface area contributed by atoms with Crippen LogP contribution in [0.1, 0.15) is 56.8 Å². The number of aryl methyl sites for hydroxylation is 1. The average Bonchev–Trinajstić information content (AvgIpc) is 2.29. The first-order chi connectivity index (χ1) is 7.79. The van der Waals surface area contributed by atoms with E-state index in [1.54, 1.807) is 0 Å². The topological polar surface area (TPSA) is 24.9 Å². The van der Waals surface area contributed by atoms with Crippen LogP contribution in [0, 0.1) is 6.92 Å². The summed E-state index contributed by atoms with van der Waals surface area (Å²) >= 11 is 0. The Bertz CT molecular complexity index is 297. The summed E-state index contributed by atoms with van der Waals surface area (Å²) in [5.41, 5.74) is 2.52. The van der Waals surface area contributed by atoms with Gasteiger partial charge in [-0.3, -0.25) is 4.98 Å². The SMILES string of the molecule is CCCCCC(NCC)c1ncccc1C. The van der Waals surface area contributed by atoms with Crippen LogP contribution in [0.15, 0.2) is 18.3 Å². The molecule has 90 valence electrons. The zero-order valence-electron chi connectivity index (χ0n) is 10.8. The minimum atomic E-state index is 0.428. The van der Waals surface area contributed by atoms with E-state index < -0.39 is 0 Å². The highest BCUT2D eigenvalue weighted by molar-refractivity contribution is 5.20. The molecule has 0 amide bonds. The van der Waals surface area contributed by atoms with Gasteiger partial charge in [0.25, 0.3) is 0 Å². The lowest BCUT2D eigenvalue weighted by Gasteiger charge is -2.18. The summed E-state index contributed by atoms with van der Waals surface area (Å²) < 4.78 is 0. The van der Waals surface area contributed by atoms with E-state index in [4.69, 9.17) is 0 Å². The third-order valence-electron chi connectivity index (χ3n) is 2.93. The fourth-order valence-corrected chi connectivity index (χ4v) is 2.04. The highest BCUT2D eigenvalue weighted by atomic mass is 14.9. The number of aromatic nitrogens is 1. The summed E-state index contributed by atoms with van der Waals surface area (Å²) in [5.74, 6) is 0. The van der Waals surface area contributed by atoms with Crippen LogP contribution in [0.3, 0.4) is 0 Å². The Morgan fingerprint density at radius 1 is 1.31 bits per heavy atom. The van der Waals surface area contributed by atoms with Crippen LogP contribution in [-0.2, 0) is 0 Å². The minimum absolute atomic E-state index is 0.428. The summed E-state index contributed by atoms with van der Waals surface area (Å²) in [5, 5.41) is 3.54. The van der Waals surface area contributed by atoms with Crippen molar-refractivity contribution in [2.24, 2.45) is 0 Å². The number of hydrogen-bond acceptors (Lipinski definition) is 2. The normalized spacial score (nSPS) is 12.7. The largest absolute Gasteiger partial charge is 0.309 e. The Kier molecular flexibility index (Phi) is 6.09. The maximum Gasteiger partial charge on any atom is 0.0602 e. The van der Waals surface area contributed by atoms with Crippen molar-refractivity contribution in [3.05, 3.63) is 29.6 Å². The van der Waals surface area contributed by atoms with Gasteiger partial charge >= 0.3 is 0 Å². The van der Waals surface area contributed by atoms with Gasteiger partial charge in [-0.1, -0.05) is 39.2 Å². The Morgan fingerprint density at radius 2 is 2.12 bits per heavy atom. The summed E-state index contributed by atoms with van der Waals surface area (Å²) in [7, 11) is 0. The van der Waals surface area contributed by atoms with Gasteiger partial charge in [-0.25, -0.2) is 0 Å². The highest BCUT2D eigenvalue weighted by Gasteiger charge is 2.12. The van der Waals surface area contributed by atoms with E-state index in [1.165, 1.54) is 36.9 Å². The number of nitrogens with zero attached hydrogens (tertiary/aromatic N) is 1. The first-order valence-electron chi connectivity index (χ1n) is 6.44. The maximum absolute atomic E-state index is 4.51. The Morgan fingerprint density at radius 3 is 2.75 bits per heavy atom. The van der Waals surface area contributed by atoms with E-state index in [0.29, 0.717) is 6.04 Å². The van der Waals surface area contributed by atoms with Gasteiger partial charge in [0.2, 0.25) is 0 Å². The second kappa shape index (κ2) is 7.39. The number of rotatable bonds is 7. The van der Waals surface area contributed by atoms with Gasteiger partial charge in [0, 0.05) is 12.2 Å². The molecule has 1 rings (SSSR count). The minimum Gasteiger partial charge on any atom is -0.309 e. The van der Waals surface area contributed by atoms with Gasteiger partial charge < -0.3 is 5.32 Å². The van der Waals surface area contributed by atoms with E-state index in [1.807, 2.05) is 12.3 Å². The number of pyridine rings is 1. The number of unbranched alkanes of at least 4 members (excludes halogenated alkanes) is 2. The van der Waals surface area contributed by atoms with Crippen LogP contribution in [0.25, 0.3) is 0 Å². The lowest BCUT2D eigenvalue weighted by molar-refractivity contribution is 0.475. The molecule has 1 atom stereocenters. The molecule has 0 aliphatic rings. The van der Waals surface area contributed by atoms with Gasteiger partial charge in [-0.15, -0.1) is 0 Å². The van der Waals surface area contributed by atoms with Gasteiger partial charge in [-0.2, -0.15) is 0 Å². The van der Waals surface area contributed by atoms with Crippen LogP contribution in [-0.4, -0.2) is 11.5 Å². The number of nitrogens with one attached hydrogen (secondary N) is 1. The number of hydrogen-bond donors (Lipinski definition) is 1. The van der Waals surface area contributed by atoms with Crippen molar-refractivity contribution in [2.75, 3.05) is 6.54 Å². The molecule has 0 aromatic carbocycles. The summed E-state index contributed by atoms with van der Waals surface area (Å²) in [4.78, 5) is 4.51. The fraction of sp³-hybridized carbons (Fsp3) is 0.643. The molecule has 0 saturated heterocycles. The zero-order chi connectivity index (χ0) is 11.8. The third kappa shape index (κ3) is 3.93. The molecule has 0 fully saturated rings. The molecule has 1 N–H and O–H groups in total. The second-order valence-electron chi connectivity index (χ2n) is 4.31. The molecule has 0 bridgehead atoms. The van der Waals surface area contributed by atoms with Crippen molar-refractivity contribution in [2.45, 2.75) is 52.5 Å². The van der Waals surface area contributed by atoms with Crippen LogP contribution in [0.2, 0.25) is 0 Å². The predicted molar refractivity (Wildman–Crippen MR) is 69.5 cm³/mol. The van der Waals surface area contributed by atoms with Gasteiger partial charge in [0.15, 0.2) is 0 Å². The van der Waals surface area contributed by atoms with Gasteiger partial charge in [-0.05, 0) is 31.5 Å². The molecule has 1 aromatic heterocycles. The third-order valence-corrected chi connectivity index (χ3v) is 2.93. The zero-order valence-corrected chi connectivity index (χ0v) is 10.8. The van der Waals surface area contributed by atoms with Crippen LogP contribution in [0.4, 0.5) is 0 Å². The lowest BCUT2D eigenvalue weighted by Crippen LogP contribution is -2.22. The van der Waals surface area contributed by atoms with Crippen molar-refractivity contribution in [1.82, 2.24) is 10.3 Å². The van der Waals surface area contributed by atoms with Crippen LogP contribution >= 0.6 is 0 Å². The van der Waals surface area contributed by atoms with Crippen molar-refractivity contribution < 1.29 is 0 Å². The molecule has 0 aliphatic heterocycles. The van der Waals surface area contributed by atoms with Gasteiger partial charge in [0.1, 0.15) is 0 Å². The molecule has 0 aliphatic carbocycles. The first kappa shape index (κ1) is 13.2. The molecule has 0 spiro atoms. The van der Waals surface area contributed by atoms with Crippen molar-refractivity contribution in [3.63, 3.8) is 0 Å². The Labute approximate surface area is 99.5 Å².